The van der Waals surface area contributed by atoms with Crippen LogP contribution >= 0.6 is 0 Å². The van der Waals surface area contributed by atoms with Crippen LogP contribution in [0, 0.1) is 0 Å². The SMILES string of the molecule is C/C(CC(=O)NCCCN1CCOCC1)=N/NC(=O)COc1cccc2ccccc12. The Kier molecular flexibility index (Phi) is 8.81. The van der Waals surface area contributed by atoms with Crippen LogP contribution in [0.5, 0.6) is 5.75 Å². The topological polar surface area (TPSA) is 92.3 Å². The van der Waals surface area contributed by atoms with E-state index in [1.165, 1.54) is 0 Å². The highest BCUT2D eigenvalue weighted by Crippen LogP contribution is 2.24. The lowest BCUT2D eigenvalue weighted by Gasteiger charge is -2.26. The van der Waals surface area contributed by atoms with Gasteiger partial charge in [-0.1, -0.05) is 36.4 Å². The van der Waals surface area contributed by atoms with E-state index in [0.29, 0.717) is 18.0 Å². The molecule has 2 amide bonds. The van der Waals surface area contributed by atoms with Gasteiger partial charge in [0, 0.05) is 30.7 Å². The van der Waals surface area contributed by atoms with Gasteiger partial charge in [0.15, 0.2) is 6.61 Å². The number of carbonyl (C=O) groups excluding carboxylic acids is 2. The van der Waals surface area contributed by atoms with Gasteiger partial charge in [-0.3, -0.25) is 14.5 Å². The zero-order chi connectivity index (χ0) is 21.9. The van der Waals surface area contributed by atoms with Crippen molar-refractivity contribution >= 4 is 28.3 Å². The maximum Gasteiger partial charge on any atom is 0.277 e. The number of rotatable bonds is 10. The number of ether oxygens (including phenoxy) is 2. The summed E-state index contributed by atoms with van der Waals surface area (Å²) in [5.74, 6) is 0.160. The molecule has 166 valence electrons. The summed E-state index contributed by atoms with van der Waals surface area (Å²) in [6, 6.07) is 13.5. The molecular formula is C23H30N4O4. The smallest absolute Gasteiger partial charge is 0.277 e. The van der Waals surface area contributed by atoms with Crippen molar-refractivity contribution in [3.63, 3.8) is 0 Å². The molecule has 0 saturated carbocycles. The van der Waals surface area contributed by atoms with E-state index in [9.17, 15) is 9.59 Å². The van der Waals surface area contributed by atoms with Crippen LogP contribution in [0.2, 0.25) is 0 Å². The van der Waals surface area contributed by atoms with Crippen molar-refractivity contribution in [1.82, 2.24) is 15.6 Å². The summed E-state index contributed by atoms with van der Waals surface area (Å²) in [5, 5.41) is 8.88. The van der Waals surface area contributed by atoms with Crippen molar-refractivity contribution in [1.29, 1.82) is 0 Å². The molecule has 31 heavy (non-hydrogen) atoms. The minimum absolute atomic E-state index is 0.107. The molecule has 1 aliphatic rings. The largest absolute Gasteiger partial charge is 0.483 e. The predicted octanol–water partition coefficient (Wildman–Crippen LogP) is 1.94. The molecule has 8 heteroatoms. The van der Waals surface area contributed by atoms with Crippen molar-refractivity contribution < 1.29 is 19.1 Å². The highest BCUT2D eigenvalue weighted by Gasteiger charge is 2.10. The number of carbonyl (C=O) groups is 2. The van der Waals surface area contributed by atoms with Gasteiger partial charge in [0.05, 0.1) is 19.6 Å². The summed E-state index contributed by atoms with van der Waals surface area (Å²) < 4.78 is 11.0. The first-order valence-corrected chi connectivity index (χ1v) is 10.6. The molecule has 2 N–H and O–H groups in total. The summed E-state index contributed by atoms with van der Waals surface area (Å²) in [7, 11) is 0. The van der Waals surface area contributed by atoms with E-state index in [4.69, 9.17) is 9.47 Å². The van der Waals surface area contributed by atoms with E-state index >= 15 is 0 Å². The van der Waals surface area contributed by atoms with Gasteiger partial charge in [-0.25, -0.2) is 5.43 Å². The molecule has 0 radical (unpaired) electrons. The Bertz CT molecular complexity index is 904. The number of hydrogen-bond donors (Lipinski definition) is 2. The lowest BCUT2D eigenvalue weighted by molar-refractivity contribution is -0.123. The van der Waals surface area contributed by atoms with Gasteiger partial charge >= 0.3 is 0 Å². The quantitative estimate of drug-likeness (QED) is 0.344. The van der Waals surface area contributed by atoms with E-state index in [1.807, 2.05) is 42.5 Å². The van der Waals surface area contributed by atoms with Gasteiger partial charge in [0.25, 0.3) is 5.91 Å². The van der Waals surface area contributed by atoms with Crippen molar-refractivity contribution in [3.05, 3.63) is 42.5 Å². The second-order valence-corrected chi connectivity index (χ2v) is 7.48. The molecule has 0 unspecified atom stereocenters. The molecule has 0 bridgehead atoms. The van der Waals surface area contributed by atoms with Crippen molar-refractivity contribution in [2.24, 2.45) is 5.10 Å². The van der Waals surface area contributed by atoms with Gasteiger partial charge in [-0.05, 0) is 31.3 Å². The predicted molar refractivity (Wildman–Crippen MR) is 120 cm³/mol. The van der Waals surface area contributed by atoms with E-state index in [1.54, 1.807) is 6.92 Å². The average molecular weight is 427 g/mol. The number of morpholine rings is 1. The van der Waals surface area contributed by atoms with E-state index in [2.05, 4.69) is 20.7 Å². The molecule has 1 aliphatic heterocycles. The van der Waals surface area contributed by atoms with E-state index < -0.39 is 0 Å². The second-order valence-electron chi connectivity index (χ2n) is 7.48. The molecule has 2 aromatic rings. The van der Waals surface area contributed by atoms with E-state index in [-0.39, 0.29) is 24.8 Å². The number of hydrogen-bond acceptors (Lipinski definition) is 6. The Balaban J connectivity index is 1.33. The molecule has 1 heterocycles. The number of nitrogens with zero attached hydrogens (tertiary/aromatic N) is 2. The standard InChI is InChI=1S/C23H30N4O4/c1-18(16-22(28)24-10-5-11-27-12-14-30-15-13-27)25-26-23(29)17-31-21-9-4-7-19-6-2-3-8-20(19)21/h2-4,6-9H,5,10-17H2,1H3,(H,24,28)(H,26,29)/b25-18-. The summed E-state index contributed by atoms with van der Waals surface area (Å²) >= 11 is 0. The second kappa shape index (κ2) is 12.0. The van der Waals surface area contributed by atoms with Crippen LogP contribution < -0.4 is 15.5 Å². The molecule has 0 spiro atoms. The lowest BCUT2D eigenvalue weighted by Crippen LogP contribution is -2.38. The Morgan fingerprint density at radius 2 is 1.87 bits per heavy atom. The minimum Gasteiger partial charge on any atom is -0.483 e. The molecule has 0 aliphatic carbocycles. The Hall–Kier alpha value is -2.97. The van der Waals surface area contributed by atoms with Crippen molar-refractivity contribution in [3.8, 4) is 5.75 Å². The third kappa shape index (κ3) is 7.66. The number of benzene rings is 2. The number of hydrazone groups is 1. The van der Waals surface area contributed by atoms with Gasteiger partial charge < -0.3 is 14.8 Å². The summed E-state index contributed by atoms with van der Waals surface area (Å²) in [5.41, 5.74) is 2.97. The Morgan fingerprint density at radius 3 is 2.71 bits per heavy atom. The fourth-order valence-electron chi connectivity index (χ4n) is 3.34. The van der Waals surface area contributed by atoms with Crippen LogP contribution in [0.15, 0.2) is 47.6 Å². The third-order valence-electron chi connectivity index (χ3n) is 4.97. The van der Waals surface area contributed by atoms with Gasteiger partial charge in [0.2, 0.25) is 5.91 Å². The molecular weight excluding hydrogens is 396 g/mol. The van der Waals surface area contributed by atoms with Crippen LogP contribution in [-0.4, -0.2) is 68.4 Å². The highest BCUT2D eigenvalue weighted by atomic mass is 16.5. The van der Waals surface area contributed by atoms with Gasteiger partial charge in [-0.15, -0.1) is 0 Å². The molecule has 1 saturated heterocycles. The van der Waals surface area contributed by atoms with Gasteiger partial charge in [0.1, 0.15) is 5.75 Å². The Morgan fingerprint density at radius 1 is 1.10 bits per heavy atom. The summed E-state index contributed by atoms with van der Waals surface area (Å²) in [6.45, 7) is 6.57. The number of fused-ring (bicyclic) bond motifs is 1. The van der Waals surface area contributed by atoms with Crippen LogP contribution in [0.25, 0.3) is 10.8 Å². The molecule has 3 rings (SSSR count). The first-order chi connectivity index (χ1) is 15.1. The Labute approximate surface area is 182 Å². The molecule has 0 atom stereocenters. The highest BCUT2D eigenvalue weighted by molar-refractivity contribution is 6.00. The maximum absolute atomic E-state index is 12.0. The molecule has 8 nitrogen and oxygen atoms in total. The first kappa shape index (κ1) is 22.7. The molecule has 2 aromatic carbocycles. The monoisotopic (exact) mass is 426 g/mol. The number of nitrogens with one attached hydrogen (secondary N) is 2. The maximum atomic E-state index is 12.0. The average Bonchev–Trinajstić information content (AvgIpc) is 2.80. The van der Waals surface area contributed by atoms with Gasteiger partial charge in [-0.2, -0.15) is 5.10 Å². The number of amides is 2. The first-order valence-electron chi connectivity index (χ1n) is 10.6. The molecule has 0 aromatic heterocycles. The lowest BCUT2D eigenvalue weighted by atomic mass is 10.1. The summed E-state index contributed by atoms with van der Waals surface area (Å²) in [4.78, 5) is 26.4. The zero-order valence-corrected chi connectivity index (χ0v) is 17.9. The zero-order valence-electron chi connectivity index (χ0n) is 17.9. The van der Waals surface area contributed by atoms with Crippen LogP contribution in [0.1, 0.15) is 19.8 Å². The fourth-order valence-corrected chi connectivity index (χ4v) is 3.34. The molecule has 1 fully saturated rings. The van der Waals surface area contributed by atoms with Crippen LogP contribution in [0.4, 0.5) is 0 Å². The van der Waals surface area contributed by atoms with E-state index in [0.717, 1.165) is 50.0 Å². The van der Waals surface area contributed by atoms with Crippen LogP contribution in [0.3, 0.4) is 0 Å². The minimum atomic E-state index is -0.377. The van der Waals surface area contributed by atoms with Crippen molar-refractivity contribution in [2.75, 3.05) is 46.0 Å². The van der Waals surface area contributed by atoms with Crippen molar-refractivity contribution in [2.45, 2.75) is 19.8 Å². The fraction of sp³-hybridized carbons (Fsp3) is 0.435. The van der Waals surface area contributed by atoms with Crippen LogP contribution in [-0.2, 0) is 14.3 Å². The normalized spacial score (nSPS) is 14.9. The third-order valence-corrected chi connectivity index (χ3v) is 4.97. The summed E-state index contributed by atoms with van der Waals surface area (Å²) in [6.07, 6.45) is 1.03.